The first-order valence-electron chi connectivity index (χ1n) is 4.83. The van der Waals surface area contributed by atoms with E-state index in [1.54, 1.807) is 0 Å². The standard InChI is InChI=1S/C11H8BrN3OS/c12-9-3-1-8(2-4-9)11-14-10(16-15-11)7-17-6-5-13/h1-4H,6-7H2. The van der Waals surface area contributed by atoms with Crippen molar-refractivity contribution in [1.29, 1.82) is 5.26 Å². The SMILES string of the molecule is N#CCSCc1nc(-c2ccc(Br)cc2)no1. The van der Waals surface area contributed by atoms with Gasteiger partial charge in [-0.25, -0.2) is 0 Å². The number of hydrogen-bond donors (Lipinski definition) is 0. The topological polar surface area (TPSA) is 62.7 Å². The van der Waals surface area contributed by atoms with Gasteiger partial charge >= 0.3 is 0 Å². The van der Waals surface area contributed by atoms with Gasteiger partial charge in [-0.3, -0.25) is 0 Å². The van der Waals surface area contributed by atoms with Crippen LogP contribution in [-0.4, -0.2) is 15.9 Å². The summed E-state index contributed by atoms with van der Waals surface area (Å²) in [6.45, 7) is 0. The minimum absolute atomic E-state index is 0.427. The molecule has 1 aromatic heterocycles. The van der Waals surface area contributed by atoms with Gasteiger partial charge in [0.2, 0.25) is 11.7 Å². The Bertz CT molecular complexity index is 532. The highest BCUT2D eigenvalue weighted by Crippen LogP contribution is 2.20. The van der Waals surface area contributed by atoms with E-state index in [2.05, 4.69) is 32.1 Å². The van der Waals surface area contributed by atoms with Crippen molar-refractivity contribution in [2.24, 2.45) is 0 Å². The number of hydrogen-bond acceptors (Lipinski definition) is 5. The molecule has 0 radical (unpaired) electrons. The maximum Gasteiger partial charge on any atom is 0.236 e. The van der Waals surface area contributed by atoms with Crippen LogP contribution < -0.4 is 0 Å². The molecule has 86 valence electrons. The first-order valence-corrected chi connectivity index (χ1v) is 6.77. The second kappa shape index (κ2) is 5.84. The van der Waals surface area contributed by atoms with E-state index in [4.69, 9.17) is 9.78 Å². The van der Waals surface area contributed by atoms with Gasteiger partial charge in [0, 0.05) is 10.0 Å². The monoisotopic (exact) mass is 309 g/mol. The van der Waals surface area contributed by atoms with Gasteiger partial charge < -0.3 is 4.52 Å². The van der Waals surface area contributed by atoms with Gasteiger partial charge in [0.15, 0.2) is 0 Å². The summed E-state index contributed by atoms with van der Waals surface area (Å²) in [5.41, 5.74) is 0.911. The van der Waals surface area contributed by atoms with Crippen LogP contribution in [0.4, 0.5) is 0 Å². The molecule has 0 aliphatic rings. The molecule has 2 rings (SSSR count). The zero-order valence-corrected chi connectivity index (χ0v) is 11.2. The number of rotatable bonds is 4. The van der Waals surface area contributed by atoms with Crippen molar-refractivity contribution in [3.05, 3.63) is 34.6 Å². The molecule has 1 aromatic carbocycles. The van der Waals surface area contributed by atoms with Crippen LogP contribution in [0.15, 0.2) is 33.3 Å². The third-order valence-corrected chi connectivity index (χ3v) is 3.28. The molecule has 6 heteroatoms. The summed E-state index contributed by atoms with van der Waals surface area (Å²) >= 11 is 4.82. The van der Waals surface area contributed by atoms with E-state index in [1.807, 2.05) is 24.3 Å². The molecule has 4 nitrogen and oxygen atoms in total. The molecule has 0 bridgehead atoms. The molecule has 0 atom stereocenters. The summed E-state index contributed by atoms with van der Waals surface area (Å²) in [5.74, 6) is 2.11. The number of nitrogens with zero attached hydrogens (tertiary/aromatic N) is 3. The van der Waals surface area contributed by atoms with Crippen LogP contribution in [0, 0.1) is 11.3 Å². The average molecular weight is 310 g/mol. The van der Waals surface area contributed by atoms with E-state index in [0.29, 0.717) is 23.2 Å². The third-order valence-electron chi connectivity index (χ3n) is 1.96. The van der Waals surface area contributed by atoms with E-state index in [9.17, 15) is 0 Å². The van der Waals surface area contributed by atoms with E-state index in [0.717, 1.165) is 10.0 Å². The smallest absolute Gasteiger partial charge is 0.236 e. The Hall–Kier alpha value is -1.32. The largest absolute Gasteiger partial charge is 0.338 e. The lowest BCUT2D eigenvalue weighted by atomic mass is 10.2. The second-order valence-electron chi connectivity index (χ2n) is 3.17. The lowest BCUT2D eigenvalue weighted by Crippen LogP contribution is -1.83. The van der Waals surface area contributed by atoms with Gasteiger partial charge in [-0.2, -0.15) is 10.2 Å². The molecule has 0 aliphatic heterocycles. The van der Waals surface area contributed by atoms with Gasteiger partial charge in [0.05, 0.1) is 17.6 Å². The van der Waals surface area contributed by atoms with Crippen molar-refractivity contribution in [3.8, 4) is 17.5 Å². The Morgan fingerprint density at radius 1 is 1.35 bits per heavy atom. The zero-order chi connectivity index (χ0) is 12.1. The summed E-state index contributed by atoms with van der Waals surface area (Å²) in [6.07, 6.45) is 0. The highest BCUT2D eigenvalue weighted by molar-refractivity contribution is 9.10. The van der Waals surface area contributed by atoms with Crippen LogP contribution in [0.5, 0.6) is 0 Å². The maximum atomic E-state index is 8.41. The molecule has 0 unspecified atom stereocenters. The molecule has 1 heterocycles. The summed E-state index contributed by atoms with van der Waals surface area (Å²) in [7, 11) is 0. The Balaban J connectivity index is 2.08. The highest BCUT2D eigenvalue weighted by atomic mass is 79.9. The minimum atomic E-state index is 0.427. The Kier molecular flexibility index (Phi) is 4.18. The Labute approximate surface area is 111 Å². The molecule has 0 saturated carbocycles. The molecule has 0 saturated heterocycles. The zero-order valence-electron chi connectivity index (χ0n) is 8.76. The lowest BCUT2D eigenvalue weighted by Gasteiger charge is -1.93. The van der Waals surface area contributed by atoms with Crippen molar-refractivity contribution in [2.75, 3.05) is 5.75 Å². The van der Waals surface area contributed by atoms with Gasteiger partial charge in [-0.05, 0) is 24.3 Å². The molecule has 0 amide bonds. The number of benzene rings is 1. The molecule has 0 fully saturated rings. The third kappa shape index (κ3) is 3.32. The fourth-order valence-electron chi connectivity index (χ4n) is 1.21. The number of aromatic nitrogens is 2. The Morgan fingerprint density at radius 3 is 2.82 bits per heavy atom. The molecule has 17 heavy (non-hydrogen) atoms. The minimum Gasteiger partial charge on any atom is -0.338 e. The Morgan fingerprint density at radius 2 is 2.12 bits per heavy atom. The summed E-state index contributed by atoms with van der Waals surface area (Å²) in [5, 5.41) is 12.3. The van der Waals surface area contributed by atoms with E-state index >= 15 is 0 Å². The van der Waals surface area contributed by atoms with Crippen LogP contribution in [0.2, 0.25) is 0 Å². The molecular weight excluding hydrogens is 302 g/mol. The lowest BCUT2D eigenvalue weighted by molar-refractivity contribution is 0.392. The fourth-order valence-corrected chi connectivity index (χ4v) is 1.96. The molecule has 0 aliphatic carbocycles. The quantitative estimate of drug-likeness (QED) is 0.811. The van der Waals surface area contributed by atoms with Gasteiger partial charge in [0.1, 0.15) is 0 Å². The van der Waals surface area contributed by atoms with Crippen molar-refractivity contribution in [3.63, 3.8) is 0 Å². The summed E-state index contributed by atoms with van der Waals surface area (Å²) in [6, 6.07) is 9.74. The van der Waals surface area contributed by atoms with Crippen molar-refractivity contribution in [1.82, 2.24) is 10.1 Å². The van der Waals surface area contributed by atoms with Crippen LogP contribution in [0.1, 0.15) is 5.89 Å². The van der Waals surface area contributed by atoms with Crippen molar-refractivity contribution in [2.45, 2.75) is 5.75 Å². The van der Waals surface area contributed by atoms with Crippen LogP contribution in [-0.2, 0) is 5.75 Å². The normalized spacial score (nSPS) is 10.1. The predicted octanol–water partition coefficient (Wildman–Crippen LogP) is 3.26. The number of halogens is 1. The van der Waals surface area contributed by atoms with Crippen molar-refractivity contribution >= 4 is 27.7 Å². The molecule has 0 spiro atoms. The summed E-state index contributed by atoms with van der Waals surface area (Å²) < 4.78 is 6.10. The fraction of sp³-hybridized carbons (Fsp3) is 0.182. The van der Waals surface area contributed by atoms with Crippen LogP contribution in [0.25, 0.3) is 11.4 Å². The highest BCUT2D eigenvalue weighted by Gasteiger charge is 2.08. The number of thioether (sulfide) groups is 1. The maximum absolute atomic E-state index is 8.41. The van der Waals surface area contributed by atoms with Crippen LogP contribution >= 0.6 is 27.7 Å². The molecular formula is C11H8BrN3OS. The second-order valence-corrected chi connectivity index (χ2v) is 5.07. The first-order chi connectivity index (χ1) is 8.29. The molecule has 2 aromatic rings. The van der Waals surface area contributed by atoms with Gasteiger partial charge in [0.25, 0.3) is 0 Å². The van der Waals surface area contributed by atoms with E-state index in [1.165, 1.54) is 11.8 Å². The van der Waals surface area contributed by atoms with Crippen LogP contribution in [0.3, 0.4) is 0 Å². The van der Waals surface area contributed by atoms with Gasteiger partial charge in [-0.15, -0.1) is 11.8 Å². The number of nitriles is 1. The first kappa shape index (κ1) is 12.1. The van der Waals surface area contributed by atoms with Crippen molar-refractivity contribution < 1.29 is 4.52 Å². The van der Waals surface area contributed by atoms with E-state index < -0.39 is 0 Å². The predicted molar refractivity (Wildman–Crippen MR) is 69.2 cm³/mol. The average Bonchev–Trinajstić information content (AvgIpc) is 2.79. The van der Waals surface area contributed by atoms with E-state index in [-0.39, 0.29) is 0 Å². The van der Waals surface area contributed by atoms with Gasteiger partial charge in [-0.1, -0.05) is 21.1 Å². The molecule has 0 N–H and O–H groups in total. The summed E-state index contributed by atoms with van der Waals surface area (Å²) in [4.78, 5) is 4.26.